The Morgan fingerprint density at radius 1 is 1.11 bits per heavy atom. The summed E-state index contributed by atoms with van der Waals surface area (Å²) in [5.41, 5.74) is 8.87. The van der Waals surface area contributed by atoms with E-state index in [1.807, 2.05) is 23.1 Å². The van der Waals surface area contributed by atoms with Crippen LogP contribution >= 0.6 is 0 Å². The highest BCUT2D eigenvalue weighted by molar-refractivity contribution is 5.87. The number of primary amides is 1. The van der Waals surface area contributed by atoms with Crippen molar-refractivity contribution < 1.29 is 9.59 Å². The molecule has 148 valence electrons. The number of nitrogens with two attached hydrogens (primary N) is 1. The zero-order valence-corrected chi connectivity index (χ0v) is 16.0. The van der Waals surface area contributed by atoms with E-state index in [1.54, 1.807) is 0 Å². The van der Waals surface area contributed by atoms with E-state index in [0.717, 1.165) is 37.1 Å². The summed E-state index contributed by atoms with van der Waals surface area (Å²) in [6.45, 7) is 1.99. The Morgan fingerprint density at radius 2 is 1.86 bits per heavy atom. The first-order valence-corrected chi connectivity index (χ1v) is 10.0. The highest BCUT2D eigenvalue weighted by Gasteiger charge is 2.37. The van der Waals surface area contributed by atoms with Crippen LogP contribution in [0, 0.1) is 0 Å². The fourth-order valence-electron chi connectivity index (χ4n) is 4.39. The van der Waals surface area contributed by atoms with Gasteiger partial charge in [-0.15, -0.1) is 0 Å². The number of piperidine rings is 1. The third-order valence-corrected chi connectivity index (χ3v) is 5.93. The van der Waals surface area contributed by atoms with Gasteiger partial charge in [0.05, 0.1) is 5.69 Å². The normalized spacial score (nSPS) is 20.5. The average molecular weight is 381 g/mol. The van der Waals surface area contributed by atoms with Crippen LogP contribution in [0.2, 0.25) is 0 Å². The quantitative estimate of drug-likeness (QED) is 0.850. The first-order chi connectivity index (χ1) is 13.6. The van der Waals surface area contributed by atoms with Gasteiger partial charge in [-0.1, -0.05) is 30.3 Å². The summed E-state index contributed by atoms with van der Waals surface area (Å²) in [6, 6.07) is 11.6. The summed E-state index contributed by atoms with van der Waals surface area (Å²) >= 11 is 0. The monoisotopic (exact) mass is 381 g/mol. The second kappa shape index (κ2) is 8.04. The fraction of sp³-hybridized carbons (Fsp3) is 0.476. The number of benzene rings is 1. The third-order valence-electron chi connectivity index (χ3n) is 5.93. The molecule has 1 aromatic heterocycles. The predicted octanol–water partition coefficient (Wildman–Crippen LogP) is 2.25. The summed E-state index contributed by atoms with van der Waals surface area (Å²) in [5, 5.41) is 7.68. The van der Waals surface area contributed by atoms with Crippen LogP contribution in [-0.2, 0) is 11.2 Å². The number of aromatic amines is 1. The molecule has 7 nitrogen and oxygen atoms in total. The largest absolute Gasteiger partial charge is 0.351 e. The van der Waals surface area contributed by atoms with Gasteiger partial charge >= 0.3 is 6.03 Å². The number of hydrogen-bond donors (Lipinski definition) is 2. The van der Waals surface area contributed by atoms with E-state index >= 15 is 0 Å². The van der Waals surface area contributed by atoms with Crippen molar-refractivity contribution in [1.29, 1.82) is 0 Å². The van der Waals surface area contributed by atoms with E-state index in [4.69, 9.17) is 5.73 Å². The summed E-state index contributed by atoms with van der Waals surface area (Å²) in [6.07, 6.45) is 4.18. The van der Waals surface area contributed by atoms with Crippen molar-refractivity contribution in [3.8, 4) is 0 Å². The highest BCUT2D eigenvalue weighted by Crippen LogP contribution is 2.29. The molecule has 7 heteroatoms. The molecule has 0 bridgehead atoms. The van der Waals surface area contributed by atoms with Gasteiger partial charge in [0.2, 0.25) is 5.91 Å². The number of amides is 3. The minimum Gasteiger partial charge on any atom is -0.351 e. The fourth-order valence-corrected chi connectivity index (χ4v) is 4.39. The molecule has 28 heavy (non-hydrogen) atoms. The van der Waals surface area contributed by atoms with Gasteiger partial charge < -0.3 is 15.5 Å². The van der Waals surface area contributed by atoms with Crippen LogP contribution in [0.4, 0.5) is 4.79 Å². The third kappa shape index (κ3) is 3.88. The molecule has 3 amide bonds. The van der Waals surface area contributed by atoms with Crippen LogP contribution in [0.1, 0.15) is 48.6 Å². The lowest BCUT2D eigenvalue weighted by molar-refractivity contribution is -0.136. The van der Waals surface area contributed by atoms with Crippen molar-refractivity contribution in [2.45, 2.75) is 44.1 Å². The van der Waals surface area contributed by atoms with E-state index in [0.29, 0.717) is 32.0 Å². The van der Waals surface area contributed by atoms with Gasteiger partial charge in [0, 0.05) is 37.7 Å². The minimum absolute atomic E-state index is 0.0431. The summed E-state index contributed by atoms with van der Waals surface area (Å²) in [7, 11) is 0. The van der Waals surface area contributed by atoms with Crippen molar-refractivity contribution in [3.63, 3.8) is 0 Å². The number of nitrogens with one attached hydrogen (secondary N) is 1. The van der Waals surface area contributed by atoms with Gasteiger partial charge in [-0.25, -0.2) is 4.79 Å². The molecule has 0 saturated carbocycles. The molecule has 2 saturated heterocycles. The standard InChI is InChI=1S/C21H27N5O2/c22-21(28)26-10-4-7-19(26)20(27)25-11-8-16(9-12-25)18-14-17(23-24-18)13-15-5-2-1-3-6-15/h1-3,5-6,14,16,19H,4,7-13H2,(H2,22,28)(H,23,24)/t19-/m0/s1. The zero-order valence-electron chi connectivity index (χ0n) is 16.0. The van der Waals surface area contributed by atoms with E-state index in [1.165, 1.54) is 10.5 Å². The Hall–Kier alpha value is -2.83. The van der Waals surface area contributed by atoms with Gasteiger partial charge in [0.15, 0.2) is 0 Å². The molecule has 0 aliphatic carbocycles. The van der Waals surface area contributed by atoms with Crippen molar-refractivity contribution in [3.05, 3.63) is 53.3 Å². The molecule has 3 N–H and O–H groups in total. The Kier molecular flexibility index (Phi) is 5.32. The molecule has 0 radical (unpaired) electrons. The first-order valence-electron chi connectivity index (χ1n) is 10.0. The number of nitrogens with zero attached hydrogens (tertiary/aromatic N) is 3. The second-order valence-electron chi connectivity index (χ2n) is 7.77. The lowest BCUT2D eigenvalue weighted by atomic mass is 9.92. The van der Waals surface area contributed by atoms with Crippen LogP contribution in [0.15, 0.2) is 36.4 Å². The highest BCUT2D eigenvalue weighted by atomic mass is 16.2. The van der Waals surface area contributed by atoms with E-state index in [2.05, 4.69) is 28.4 Å². The molecule has 2 aliphatic rings. The van der Waals surface area contributed by atoms with Crippen molar-refractivity contribution in [2.75, 3.05) is 19.6 Å². The maximum absolute atomic E-state index is 12.8. The molecule has 0 spiro atoms. The Morgan fingerprint density at radius 3 is 2.57 bits per heavy atom. The van der Waals surface area contributed by atoms with Gasteiger partial charge in [-0.3, -0.25) is 9.89 Å². The number of carbonyl (C=O) groups excluding carboxylic acids is 2. The van der Waals surface area contributed by atoms with E-state index in [9.17, 15) is 9.59 Å². The SMILES string of the molecule is NC(=O)N1CCC[C@H]1C(=O)N1CCC(c2cc(Cc3ccccc3)[nH]n2)CC1. The van der Waals surface area contributed by atoms with Crippen LogP contribution in [-0.4, -0.2) is 57.6 Å². The minimum atomic E-state index is -0.492. The number of urea groups is 1. The number of rotatable bonds is 4. The number of carbonyl (C=O) groups is 2. The maximum atomic E-state index is 12.8. The Balaban J connectivity index is 1.33. The van der Waals surface area contributed by atoms with Crippen molar-refractivity contribution in [1.82, 2.24) is 20.0 Å². The maximum Gasteiger partial charge on any atom is 0.315 e. The van der Waals surface area contributed by atoms with E-state index < -0.39 is 6.03 Å². The average Bonchev–Trinajstić information content (AvgIpc) is 3.38. The molecule has 1 aromatic carbocycles. The topological polar surface area (TPSA) is 95.3 Å². The number of hydrogen-bond acceptors (Lipinski definition) is 3. The number of H-pyrrole nitrogens is 1. The van der Waals surface area contributed by atoms with Gasteiger partial charge in [-0.05, 0) is 37.3 Å². The second-order valence-corrected chi connectivity index (χ2v) is 7.77. The van der Waals surface area contributed by atoms with Crippen LogP contribution in [0.25, 0.3) is 0 Å². The van der Waals surface area contributed by atoms with E-state index in [-0.39, 0.29) is 11.9 Å². The van der Waals surface area contributed by atoms with Crippen molar-refractivity contribution in [2.24, 2.45) is 5.73 Å². The molecule has 0 unspecified atom stereocenters. The molecule has 1 atom stereocenters. The number of aromatic nitrogens is 2. The molecular weight excluding hydrogens is 354 g/mol. The molecule has 2 aromatic rings. The Labute approximate surface area is 164 Å². The predicted molar refractivity (Wildman–Crippen MR) is 106 cm³/mol. The summed E-state index contributed by atoms with van der Waals surface area (Å²) < 4.78 is 0. The Bertz CT molecular complexity index is 826. The van der Waals surface area contributed by atoms with Crippen molar-refractivity contribution >= 4 is 11.9 Å². The van der Waals surface area contributed by atoms with Gasteiger partial charge in [0.1, 0.15) is 6.04 Å². The lowest BCUT2D eigenvalue weighted by Crippen LogP contribution is -2.51. The van der Waals surface area contributed by atoms with Crippen LogP contribution in [0.3, 0.4) is 0 Å². The molecule has 4 rings (SSSR count). The molecule has 2 aliphatic heterocycles. The first kappa shape index (κ1) is 18.5. The zero-order chi connectivity index (χ0) is 19.5. The lowest BCUT2D eigenvalue weighted by Gasteiger charge is -2.34. The van der Waals surface area contributed by atoms with Gasteiger partial charge in [0.25, 0.3) is 0 Å². The van der Waals surface area contributed by atoms with Crippen LogP contribution < -0.4 is 5.73 Å². The summed E-state index contributed by atoms with van der Waals surface area (Å²) in [5.74, 6) is 0.405. The molecular formula is C21H27N5O2. The number of likely N-dealkylation sites (tertiary alicyclic amines) is 2. The smallest absolute Gasteiger partial charge is 0.315 e. The van der Waals surface area contributed by atoms with Crippen LogP contribution in [0.5, 0.6) is 0 Å². The summed E-state index contributed by atoms with van der Waals surface area (Å²) in [4.78, 5) is 27.8. The molecule has 2 fully saturated rings. The molecule has 3 heterocycles. The van der Waals surface area contributed by atoms with Gasteiger partial charge in [-0.2, -0.15) is 5.10 Å².